The van der Waals surface area contributed by atoms with Crippen LogP contribution in [0, 0.1) is 0 Å². The first-order valence-electron chi connectivity index (χ1n) is 4.63. The number of halogens is 7. The zero-order chi connectivity index (χ0) is 15.6. The van der Waals surface area contributed by atoms with Gasteiger partial charge in [-0.1, -0.05) is 6.58 Å². The van der Waals surface area contributed by atoms with Crippen molar-refractivity contribution in [3.05, 3.63) is 12.4 Å². The van der Waals surface area contributed by atoms with Gasteiger partial charge in [0.15, 0.2) is 0 Å². The monoisotopic (exact) mass is 298 g/mol. The minimum atomic E-state index is -6.03. The molecule has 0 spiro atoms. The van der Waals surface area contributed by atoms with Gasteiger partial charge in [0.2, 0.25) is 5.83 Å². The molecule has 0 aromatic rings. The lowest BCUT2D eigenvalue weighted by atomic mass is 9.95. The number of rotatable bonds is 4. The fraction of sp³-hybridized carbons (Fsp3) is 0.667. The van der Waals surface area contributed by atoms with E-state index in [4.69, 9.17) is 5.11 Å². The van der Waals surface area contributed by atoms with E-state index in [1.54, 1.807) is 0 Å². The van der Waals surface area contributed by atoms with Crippen molar-refractivity contribution < 1.29 is 45.4 Å². The second kappa shape index (κ2) is 5.35. The van der Waals surface area contributed by atoms with Crippen molar-refractivity contribution in [2.45, 2.75) is 37.4 Å². The van der Waals surface area contributed by atoms with Crippen molar-refractivity contribution in [2.24, 2.45) is 0 Å². The Morgan fingerprint density at radius 3 is 1.84 bits per heavy atom. The predicted octanol–water partition coefficient (Wildman–Crippen LogP) is 2.65. The number of carbonyl (C=O) groups excluding carboxylic acids is 1. The summed E-state index contributed by atoms with van der Waals surface area (Å²) in [6, 6.07) is 0. The molecule has 1 N–H and O–H groups in total. The van der Waals surface area contributed by atoms with Crippen LogP contribution in [0.2, 0.25) is 0 Å². The largest absolute Gasteiger partial charge is 0.457 e. The number of carbonyl (C=O) groups is 1. The molecular weight excluding hydrogens is 289 g/mol. The van der Waals surface area contributed by atoms with E-state index in [1.807, 2.05) is 0 Å². The molecule has 0 aliphatic heterocycles. The van der Waals surface area contributed by atoms with Gasteiger partial charge >= 0.3 is 18.3 Å². The zero-order valence-corrected chi connectivity index (χ0v) is 9.40. The lowest BCUT2D eigenvalue weighted by molar-refractivity contribution is -0.373. The van der Waals surface area contributed by atoms with Crippen LogP contribution < -0.4 is 0 Å². The fourth-order valence-electron chi connectivity index (χ4n) is 1.10. The summed E-state index contributed by atoms with van der Waals surface area (Å²) in [7, 11) is 0. The molecule has 0 amide bonds. The molecule has 19 heavy (non-hydrogen) atoms. The molecule has 0 aliphatic rings. The number of ether oxygens (including phenoxy) is 1. The summed E-state index contributed by atoms with van der Waals surface area (Å²) in [4.78, 5) is 10.6. The Labute approximate surface area is 102 Å². The van der Waals surface area contributed by atoms with Crippen LogP contribution in [0.25, 0.3) is 0 Å². The first-order valence-corrected chi connectivity index (χ1v) is 4.63. The summed E-state index contributed by atoms with van der Waals surface area (Å²) in [6.07, 6.45) is -16.1. The normalized spacial score (nSPS) is 15.0. The van der Waals surface area contributed by atoms with Crippen molar-refractivity contribution in [1.29, 1.82) is 0 Å². The molecule has 1 atom stereocenters. The van der Waals surface area contributed by atoms with E-state index >= 15 is 0 Å². The Kier molecular flexibility index (Phi) is 4.98. The highest BCUT2D eigenvalue weighted by atomic mass is 19.4. The van der Waals surface area contributed by atoms with Crippen LogP contribution >= 0.6 is 0 Å². The summed E-state index contributed by atoms with van der Waals surface area (Å²) in [5.41, 5.74) is -5.06. The molecule has 0 rings (SSSR count). The van der Waals surface area contributed by atoms with Crippen LogP contribution in [0.15, 0.2) is 12.4 Å². The highest BCUT2D eigenvalue weighted by molar-refractivity contribution is 5.85. The van der Waals surface area contributed by atoms with Crippen molar-refractivity contribution in [3.8, 4) is 0 Å². The number of esters is 1. The van der Waals surface area contributed by atoms with Gasteiger partial charge < -0.3 is 9.84 Å². The van der Waals surface area contributed by atoms with Gasteiger partial charge in [-0.2, -0.15) is 30.7 Å². The third-order valence-corrected chi connectivity index (χ3v) is 2.05. The number of aliphatic hydroxyl groups is 1. The van der Waals surface area contributed by atoms with E-state index in [1.165, 1.54) is 0 Å². The van der Waals surface area contributed by atoms with E-state index < -0.39 is 42.3 Å². The fourth-order valence-corrected chi connectivity index (χ4v) is 1.10. The number of alkyl halides is 6. The van der Waals surface area contributed by atoms with Crippen LogP contribution in [0.5, 0.6) is 0 Å². The van der Waals surface area contributed by atoms with Crippen LogP contribution in [-0.4, -0.2) is 35.1 Å². The Morgan fingerprint density at radius 2 is 1.58 bits per heavy atom. The van der Waals surface area contributed by atoms with E-state index in [0.717, 1.165) is 0 Å². The van der Waals surface area contributed by atoms with Gasteiger partial charge in [-0.25, -0.2) is 4.79 Å². The highest BCUT2D eigenvalue weighted by Gasteiger charge is 2.70. The second-order valence-corrected chi connectivity index (χ2v) is 3.68. The molecule has 0 bridgehead atoms. The van der Waals surface area contributed by atoms with Crippen LogP contribution in [0.1, 0.15) is 13.3 Å². The first kappa shape index (κ1) is 17.7. The van der Waals surface area contributed by atoms with E-state index in [0.29, 0.717) is 6.92 Å². The molecule has 112 valence electrons. The second-order valence-electron chi connectivity index (χ2n) is 3.68. The molecule has 0 aromatic heterocycles. The van der Waals surface area contributed by atoms with Gasteiger partial charge in [0, 0.05) is 6.42 Å². The maximum absolute atomic E-state index is 12.3. The minimum absolute atomic E-state index is 0.642. The SMILES string of the molecule is C=C(F)C(=O)OC(C)CC(O)(C(F)(F)F)C(F)(F)F. The predicted molar refractivity (Wildman–Crippen MR) is 47.5 cm³/mol. The van der Waals surface area contributed by atoms with Gasteiger partial charge in [-0.3, -0.25) is 0 Å². The van der Waals surface area contributed by atoms with Crippen LogP contribution in [0.3, 0.4) is 0 Å². The highest BCUT2D eigenvalue weighted by Crippen LogP contribution is 2.46. The van der Waals surface area contributed by atoms with Gasteiger partial charge in [-0.05, 0) is 6.92 Å². The van der Waals surface area contributed by atoms with Gasteiger partial charge in [-0.15, -0.1) is 0 Å². The number of hydrogen-bond acceptors (Lipinski definition) is 3. The molecule has 10 heteroatoms. The van der Waals surface area contributed by atoms with E-state index in [-0.39, 0.29) is 0 Å². The topological polar surface area (TPSA) is 46.5 Å². The Morgan fingerprint density at radius 1 is 1.21 bits per heavy atom. The average Bonchev–Trinajstić information content (AvgIpc) is 2.13. The van der Waals surface area contributed by atoms with Gasteiger partial charge in [0.05, 0.1) is 0 Å². The minimum Gasteiger partial charge on any atom is -0.457 e. The van der Waals surface area contributed by atoms with Crippen molar-refractivity contribution in [2.75, 3.05) is 0 Å². The maximum atomic E-state index is 12.3. The molecule has 0 saturated carbocycles. The lowest BCUT2D eigenvalue weighted by Gasteiger charge is -2.33. The third kappa shape index (κ3) is 4.08. The Bertz CT molecular complexity index is 344. The maximum Gasteiger partial charge on any atom is 0.426 e. The number of hydrogen-bond donors (Lipinski definition) is 1. The Balaban J connectivity index is 5.07. The van der Waals surface area contributed by atoms with Crippen molar-refractivity contribution in [3.63, 3.8) is 0 Å². The molecule has 0 aliphatic carbocycles. The molecule has 1 unspecified atom stereocenters. The summed E-state index contributed by atoms with van der Waals surface area (Å²) in [5.74, 6) is -3.49. The molecule has 0 fully saturated rings. The molecule has 3 nitrogen and oxygen atoms in total. The van der Waals surface area contributed by atoms with Crippen LogP contribution in [0.4, 0.5) is 30.7 Å². The summed E-state index contributed by atoms with van der Waals surface area (Å²) in [6.45, 7) is 3.10. The summed E-state index contributed by atoms with van der Waals surface area (Å²) >= 11 is 0. The zero-order valence-electron chi connectivity index (χ0n) is 9.40. The lowest BCUT2D eigenvalue weighted by Crippen LogP contribution is -2.58. The molecule has 0 saturated heterocycles. The average molecular weight is 298 g/mol. The summed E-state index contributed by atoms with van der Waals surface area (Å²) < 4.78 is 89.6. The van der Waals surface area contributed by atoms with Gasteiger partial charge in [0.1, 0.15) is 6.10 Å². The quantitative estimate of drug-likeness (QED) is 0.493. The third-order valence-electron chi connectivity index (χ3n) is 2.05. The summed E-state index contributed by atoms with van der Waals surface area (Å²) in [5, 5.41) is 8.75. The molecule has 0 heterocycles. The van der Waals surface area contributed by atoms with E-state index in [2.05, 4.69) is 11.3 Å². The van der Waals surface area contributed by atoms with E-state index in [9.17, 15) is 35.5 Å². The Hall–Kier alpha value is -1.32. The molecular formula is C9H9F7O3. The van der Waals surface area contributed by atoms with Crippen molar-refractivity contribution in [1.82, 2.24) is 0 Å². The van der Waals surface area contributed by atoms with Crippen molar-refractivity contribution >= 4 is 5.97 Å². The smallest absolute Gasteiger partial charge is 0.426 e. The molecule has 0 aromatic carbocycles. The van der Waals surface area contributed by atoms with Gasteiger partial charge in [0.25, 0.3) is 5.60 Å². The van der Waals surface area contributed by atoms with Crippen LogP contribution in [-0.2, 0) is 9.53 Å². The molecule has 0 radical (unpaired) electrons. The standard InChI is InChI=1S/C9H9F7O3/c1-4(19-6(17)5(2)10)3-7(18,8(11,12)13)9(14,15)16/h4,18H,2-3H2,1H3. The first-order chi connectivity index (χ1) is 8.22.